The number of carbonyl (C=O) groups is 2. The van der Waals surface area contributed by atoms with Crippen molar-refractivity contribution in [2.45, 2.75) is 19.8 Å². The molecule has 2 unspecified atom stereocenters. The Bertz CT molecular complexity index is 477. The summed E-state index contributed by atoms with van der Waals surface area (Å²) < 4.78 is 0. The minimum absolute atomic E-state index is 0.0200. The zero-order valence-electron chi connectivity index (χ0n) is 10.0. The lowest BCUT2D eigenvalue weighted by Crippen LogP contribution is -2.28. The first-order valence-electron chi connectivity index (χ1n) is 5.81. The van der Waals surface area contributed by atoms with Crippen LogP contribution in [0.2, 0.25) is 0 Å². The van der Waals surface area contributed by atoms with Crippen molar-refractivity contribution in [2.24, 2.45) is 11.8 Å². The summed E-state index contributed by atoms with van der Waals surface area (Å²) in [4.78, 5) is 23.5. The molecule has 2 rings (SSSR count). The fourth-order valence-corrected chi connectivity index (χ4v) is 2.63. The lowest BCUT2D eigenvalue weighted by Gasteiger charge is -2.33. The second kappa shape index (κ2) is 4.28. The average molecular weight is 228 g/mol. The van der Waals surface area contributed by atoms with E-state index in [2.05, 4.69) is 13.2 Å². The Morgan fingerprint density at radius 1 is 1.24 bits per heavy atom. The molecule has 0 aromatic heterocycles. The van der Waals surface area contributed by atoms with Crippen LogP contribution < -0.4 is 0 Å². The van der Waals surface area contributed by atoms with Gasteiger partial charge in [-0.25, -0.2) is 0 Å². The molecule has 0 aromatic rings. The second-order valence-electron chi connectivity index (χ2n) is 4.78. The highest BCUT2D eigenvalue weighted by molar-refractivity contribution is 6.20. The minimum Gasteiger partial charge on any atom is -0.290 e. The third-order valence-electron chi connectivity index (χ3n) is 3.66. The van der Waals surface area contributed by atoms with E-state index >= 15 is 0 Å². The van der Waals surface area contributed by atoms with Gasteiger partial charge < -0.3 is 0 Å². The number of hydrogen-bond donors (Lipinski definition) is 0. The lowest BCUT2D eigenvalue weighted by atomic mass is 9.70. The first kappa shape index (κ1) is 11.8. The zero-order chi connectivity index (χ0) is 12.6. The fraction of sp³-hybridized carbons (Fsp3) is 0.333. The molecule has 2 aliphatic carbocycles. The molecule has 0 bridgehead atoms. The second-order valence-corrected chi connectivity index (χ2v) is 4.78. The van der Waals surface area contributed by atoms with E-state index in [1.54, 1.807) is 0 Å². The van der Waals surface area contributed by atoms with Gasteiger partial charge in [0.15, 0.2) is 11.6 Å². The number of hydrogen-bond acceptors (Lipinski definition) is 2. The molecular weight excluding hydrogens is 212 g/mol. The molecule has 2 atom stereocenters. The van der Waals surface area contributed by atoms with Gasteiger partial charge in [-0.3, -0.25) is 9.59 Å². The molecule has 17 heavy (non-hydrogen) atoms. The first-order chi connectivity index (χ1) is 8.04. The summed E-state index contributed by atoms with van der Waals surface area (Å²) in [7, 11) is 0. The summed E-state index contributed by atoms with van der Waals surface area (Å²) in [5.41, 5.74) is 2.42. The molecular formula is C15H16O2. The summed E-state index contributed by atoms with van der Waals surface area (Å²) >= 11 is 0. The van der Waals surface area contributed by atoms with Gasteiger partial charge in [-0.1, -0.05) is 18.2 Å². The molecule has 0 saturated carbocycles. The van der Waals surface area contributed by atoms with Crippen molar-refractivity contribution in [3.63, 3.8) is 0 Å². The summed E-state index contributed by atoms with van der Waals surface area (Å²) in [5.74, 6) is 0.406. The van der Waals surface area contributed by atoms with Gasteiger partial charge in [0, 0.05) is 11.1 Å². The monoisotopic (exact) mass is 228 g/mol. The molecule has 0 spiro atoms. The van der Waals surface area contributed by atoms with Crippen molar-refractivity contribution in [3.05, 3.63) is 48.1 Å². The maximum absolute atomic E-state index is 11.8. The number of allylic oxidation sites excluding steroid dienone is 6. The van der Waals surface area contributed by atoms with E-state index in [-0.39, 0.29) is 23.4 Å². The lowest BCUT2D eigenvalue weighted by molar-refractivity contribution is -0.115. The van der Waals surface area contributed by atoms with Crippen LogP contribution in [0.25, 0.3) is 0 Å². The van der Waals surface area contributed by atoms with Gasteiger partial charge in [0.2, 0.25) is 0 Å². The fourth-order valence-electron chi connectivity index (χ4n) is 2.63. The maximum Gasteiger partial charge on any atom is 0.182 e. The Labute approximate surface area is 101 Å². The van der Waals surface area contributed by atoms with Crippen LogP contribution in [-0.2, 0) is 9.59 Å². The third-order valence-corrected chi connectivity index (χ3v) is 3.66. The molecule has 88 valence electrons. The zero-order valence-corrected chi connectivity index (χ0v) is 10.0. The highest BCUT2D eigenvalue weighted by Gasteiger charge is 2.34. The van der Waals surface area contributed by atoms with Crippen LogP contribution in [0.1, 0.15) is 19.8 Å². The van der Waals surface area contributed by atoms with Crippen molar-refractivity contribution in [1.82, 2.24) is 0 Å². The van der Waals surface area contributed by atoms with Crippen LogP contribution in [-0.4, -0.2) is 11.6 Å². The standard InChI is InChI=1S/C15H16O2/c1-4-10-7-12-13(8-11(10)9(2)3)15(17)6-5-14(12)16/h4-6,10-11H,1-2,7-8H2,3H3. The van der Waals surface area contributed by atoms with Gasteiger partial charge in [0.25, 0.3) is 0 Å². The van der Waals surface area contributed by atoms with Crippen LogP contribution in [0.5, 0.6) is 0 Å². The van der Waals surface area contributed by atoms with Gasteiger partial charge in [-0.15, -0.1) is 6.58 Å². The Balaban J connectivity index is 2.41. The van der Waals surface area contributed by atoms with Gasteiger partial charge in [0.1, 0.15) is 0 Å². The smallest absolute Gasteiger partial charge is 0.182 e. The summed E-state index contributed by atoms with van der Waals surface area (Å²) in [6.45, 7) is 9.76. The number of ketones is 2. The summed E-state index contributed by atoms with van der Waals surface area (Å²) in [6, 6.07) is 0. The van der Waals surface area contributed by atoms with Gasteiger partial charge in [-0.2, -0.15) is 0 Å². The first-order valence-corrected chi connectivity index (χ1v) is 5.81. The predicted molar refractivity (Wildman–Crippen MR) is 67.4 cm³/mol. The van der Waals surface area contributed by atoms with E-state index in [0.29, 0.717) is 24.0 Å². The van der Waals surface area contributed by atoms with Crippen molar-refractivity contribution in [1.29, 1.82) is 0 Å². The molecule has 0 heterocycles. The van der Waals surface area contributed by atoms with Crippen molar-refractivity contribution in [3.8, 4) is 0 Å². The molecule has 0 saturated heterocycles. The van der Waals surface area contributed by atoms with Gasteiger partial charge >= 0.3 is 0 Å². The molecule has 0 fully saturated rings. The van der Waals surface area contributed by atoms with Crippen molar-refractivity contribution in [2.75, 3.05) is 0 Å². The van der Waals surface area contributed by atoms with Crippen LogP contribution in [0, 0.1) is 11.8 Å². The van der Waals surface area contributed by atoms with Gasteiger partial charge in [-0.05, 0) is 43.8 Å². The normalized spacial score (nSPS) is 28.1. The summed E-state index contributed by atoms with van der Waals surface area (Å²) in [5, 5.41) is 0. The number of rotatable bonds is 2. The molecule has 0 amide bonds. The van der Waals surface area contributed by atoms with Crippen molar-refractivity contribution < 1.29 is 9.59 Å². The quantitative estimate of drug-likeness (QED) is 0.538. The van der Waals surface area contributed by atoms with E-state index in [9.17, 15) is 9.59 Å². The Morgan fingerprint density at radius 3 is 2.24 bits per heavy atom. The number of carbonyl (C=O) groups excluding carboxylic acids is 2. The minimum atomic E-state index is -0.0217. The molecule has 0 N–H and O–H groups in total. The van der Waals surface area contributed by atoms with Gasteiger partial charge in [0.05, 0.1) is 0 Å². The van der Waals surface area contributed by atoms with E-state index in [0.717, 1.165) is 5.57 Å². The predicted octanol–water partition coefficient (Wildman–Crippen LogP) is 2.78. The van der Waals surface area contributed by atoms with E-state index in [4.69, 9.17) is 0 Å². The van der Waals surface area contributed by atoms with Crippen LogP contribution >= 0.6 is 0 Å². The third kappa shape index (κ3) is 1.95. The Kier molecular flexibility index (Phi) is 2.97. The van der Waals surface area contributed by atoms with Crippen LogP contribution in [0.3, 0.4) is 0 Å². The van der Waals surface area contributed by atoms with E-state index in [1.165, 1.54) is 12.2 Å². The average Bonchev–Trinajstić information content (AvgIpc) is 2.32. The van der Waals surface area contributed by atoms with Crippen LogP contribution in [0.4, 0.5) is 0 Å². The molecule has 0 aromatic carbocycles. The molecule has 2 heteroatoms. The SMILES string of the molecule is C=CC1CC2=C(CC1C(=C)C)C(=O)C=CC2=O. The van der Waals surface area contributed by atoms with Crippen LogP contribution in [0.15, 0.2) is 48.1 Å². The van der Waals surface area contributed by atoms with E-state index < -0.39 is 0 Å². The highest BCUT2D eigenvalue weighted by Crippen LogP contribution is 2.40. The maximum atomic E-state index is 11.8. The molecule has 2 aliphatic rings. The topological polar surface area (TPSA) is 34.1 Å². The van der Waals surface area contributed by atoms with Crippen molar-refractivity contribution >= 4 is 11.6 Å². The molecule has 0 aliphatic heterocycles. The largest absolute Gasteiger partial charge is 0.290 e. The highest BCUT2D eigenvalue weighted by atomic mass is 16.1. The molecule has 0 radical (unpaired) electrons. The van der Waals surface area contributed by atoms with E-state index in [1.807, 2.05) is 13.0 Å². The molecule has 2 nitrogen and oxygen atoms in total. The Morgan fingerprint density at radius 2 is 1.76 bits per heavy atom. The Hall–Kier alpha value is -1.70. The summed E-state index contributed by atoms with van der Waals surface area (Å²) in [6.07, 6.45) is 5.87.